The molecule has 1 N–H and O–H groups in total. The summed E-state index contributed by atoms with van der Waals surface area (Å²) in [4.78, 5) is 26.9. The number of benzene rings is 1. The van der Waals surface area contributed by atoms with Crippen LogP contribution in [0.3, 0.4) is 0 Å². The first kappa shape index (κ1) is 17.0. The van der Waals surface area contributed by atoms with E-state index in [0.29, 0.717) is 12.5 Å². The second-order valence-corrected chi connectivity index (χ2v) is 7.23. The van der Waals surface area contributed by atoms with Gasteiger partial charge in [-0.05, 0) is 56.6 Å². The van der Waals surface area contributed by atoms with Gasteiger partial charge in [0.25, 0.3) is 0 Å². The Morgan fingerprint density at radius 1 is 1.04 bits per heavy atom. The molecular weight excluding hydrogens is 300 g/mol. The van der Waals surface area contributed by atoms with Crippen LogP contribution < -0.4 is 5.32 Å². The molecule has 130 valence electrons. The van der Waals surface area contributed by atoms with E-state index in [1.165, 1.54) is 11.1 Å². The van der Waals surface area contributed by atoms with Gasteiger partial charge in [-0.1, -0.05) is 24.3 Å². The molecule has 0 bridgehead atoms. The van der Waals surface area contributed by atoms with Crippen molar-refractivity contribution < 1.29 is 9.59 Å². The first-order valence-electron chi connectivity index (χ1n) is 9.26. The molecule has 4 heteroatoms. The molecule has 0 atom stereocenters. The van der Waals surface area contributed by atoms with Crippen molar-refractivity contribution in [1.82, 2.24) is 10.2 Å². The molecule has 3 rings (SSSR count). The number of nitrogens with zero attached hydrogens (tertiary/aromatic N) is 1. The third-order valence-corrected chi connectivity index (χ3v) is 5.58. The molecule has 2 amide bonds. The predicted octanol–water partition coefficient (Wildman–Crippen LogP) is 3.04. The molecule has 1 saturated carbocycles. The maximum absolute atomic E-state index is 12.5. The molecule has 0 radical (unpaired) electrons. The van der Waals surface area contributed by atoms with Gasteiger partial charge in [-0.15, -0.1) is 0 Å². The predicted molar refractivity (Wildman–Crippen MR) is 94.3 cm³/mol. The van der Waals surface area contributed by atoms with Crippen molar-refractivity contribution in [2.45, 2.75) is 52.0 Å². The molecule has 4 nitrogen and oxygen atoms in total. The van der Waals surface area contributed by atoms with Crippen LogP contribution in [0.4, 0.5) is 0 Å². The van der Waals surface area contributed by atoms with E-state index in [1.807, 2.05) is 17.0 Å². The van der Waals surface area contributed by atoms with Gasteiger partial charge in [0.2, 0.25) is 11.8 Å². The van der Waals surface area contributed by atoms with Crippen molar-refractivity contribution in [1.29, 1.82) is 0 Å². The lowest BCUT2D eigenvalue weighted by molar-refractivity contribution is -0.137. The van der Waals surface area contributed by atoms with E-state index in [9.17, 15) is 9.59 Å². The molecule has 1 aliphatic heterocycles. The van der Waals surface area contributed by atoms with Crippen LogP contribution >= 0.6 is 0 Å². The van der Waals surface area contributed by atoms with Gasteiger partial charge in [-0.25, -0.2) is 0 Å². The van der Waals surface area contributed by atoms with E-state index < -0.39 is 0 Å². The number of amides is 2. The maximum atomic E-state index is 12.5. The second-order valence-electron chi connectivity index (χ2n) is 7.23. The smallest absolute Gasteiger partial charge is 0.225 e. The fourth-order valence-electron chi connectivity index (χ4n) is 3.93. The zero-order valence-corrected chi connectivity index (χ0v) is 14.6. The number of carbonyl (C=O) groups excluding carboxylic acids is 2. The highest BCUT2D eigenvalue weighted by Crippen LogP contribution is 2.31. The Bertz CT molecular complexity index is 585. The largest absolute Gasteiger partial charge is 0.352 e. The van der Waals surface area contributed by atoms with Crippen LogP contribution in [-0.4, -0.2) is 29.8 Å². The number of hydrogen-bond donors (Lipinski definition) is 1. The number of carbonyl (C=O) groups is 2. The van der Waals surface area contributed by atoms with Gasteiger partial charge >= 0.3 is 0 Å². The minimum absolute atomic E-state index is 0.0663. The van der Waals surface area contributed by atoms with Crippen molar-refractivity contribution in [3.05, 3.63) is 35.4 Å². The SMILES string of the molecule is Cc1ccccc1CNC(=O)C1CCC(C(=O)N2CCCC2)CC1. The first-order valence-corrected chi connectivity index (χ1v) is 9.26. The highest BCUT2D eigenvalue weighted by Gasteiger charge is 2.32. The summed E-state index contributed by atoms with van der Waals surface area (Å²) in [7, 11) is 0. The first-order chi connectivity index (χ1) is 11.6. The molecule has 24 heavy (non-hydrogen) atoms. The summed E-state index contributed by atoms with van der Waals surface area (Å²) in [6.07, 6.45) is 5.67. The number of aryl methyl sites for hydroxylation is 1. The maximum Gasteiger partial charge on any atom is 0.225 e. The van der Waals surface area contributed by atoms with Crippen LogP contribution in [0.25, 0.3) is 0 Å². The van der Waals surface area contributed by atoms with Gasteiger partial charge in [-0.2, -0.15) is 0 Å². The average molecular weight is 328 g/mol. The third-order valence-electron chi connectivity index (χ3n) is 5.58. The zero-order chi connectivity index (χ0) is 16.9. The van der Waals surface area contributed by atoms with E-state index in [2.05, 4.69) is 24.4 Å². The Morgan fingerprint density at radius 3 is 2.33 bits per heavy atom. The minimum Gasteiger partial charge on any atom is -0.352 e. The van der Waals surface area contributed by atoms with Crippen LogP contribution in [0.1, 0.15) is 49.7 Å². The monoisotopic (exact) mass is 328 g/mol. The quantitative estimate of drug-likeness (QED) is 0.923. The summed E-state index contributed by atoms with van der Waals surface area (Å²) >= 11 is 0. The number of likely N-dealkylation sites (tertiary alicyclic amines) is 1. The third kappa shape index (κ3) is 3.97. The minimum atomic E-state index is 0.0663. The Hall–Kier alpha value is -1.84. The molecule has 1 aromatic carbocycles. The van der Waals surface area contributed by atoms with Gasteiger partial charge in [-0.3, -0.25) is 9.59 Å². The van der Waals surface area contributed by atoms with Crippen LogP contribution in [-0.2, 0) is 16.1 Å². The highest BCUT2D eigenvalue weighted by molar-refractivity contribution is 5.81. The fraction of sp³-hybridized carbons (Fsp3) is 0.600. The Labute approximate surface area is 144 Å². The van der Waals surface area contributed by atoms with Crippen LogP contribution in [0.5, 0.6) is 0 Å². The van der Waals surface area contributed by atoms with E-state index >= 15 is 0 Å². The van der Waals surface area contributed by atoms with E-state index in [4.69, 9.17) is 0 Å². The Morgan fingerprint density at radius 2 is 1.67 bits per heavy atom. The molecular formula is C20H28N2O2. The zero-order valence-electron chi connectivity index (χ0n) is 14.6. The summed E-state index contributed by atoms with van der Waals surface area (Å²) in [5.74, 6) is 0.678. The fourth-order valence-corrected chi connectivity index (χ4v) is 3.93. The summed E-state index contributed by atoms with van der Waals surface area (Å²) in [5.41, 5.74) is 2.38. The Balaban J connectivity index is 1.45. The summed E-state index contributed by atoms with van der Waals surface area (Å²) in [6, 6.07) is 8.14. The van der Waals surface area contributed by atoms with Crippen LogP contribution in [0.2, 0.25) is 0 Å². The van der Waals surface area contributed by atoms with E-state index in [0.717, 1.165) is 51.6 Å². The van der Waals surface area contributed by atoms with Crippen molar-refractivity contribution in [2.75, 3.05) is 13.1 Å². The van der Waals surface area contributed by atoms with Crippen LogP contribution in [0.15, 0.2) is 24.3 Å². The molecule has 0 spiro atoms. The standard InChI is InChI=1S/C20H28N2O2/c1-15-6-2-3-7-18(15)14-21-19(23)16-8-10-17(11-9-16)20(24)22-12-4-5-13-22/h2-3,6-7,16-17H,4-5,8-14H2,1H3,(H,21,23). The summed E-state index contributed by atoms with van der Waals surface area (Å²) in [6.45, 7) is 4.51. The normalized spacial score (nSPS) is 24.0. The highest BCUT2D eigenvalue weighted by atomic mass is 16.2. The topological polar surface area (TPSA) is 49.4 Å². The van der Waals surface area contributed by atoms with Crippen molar-refractivity contribution >= 4 is 11.8 Å². The molecule has 2 fully saturated rings. The van der Waals surface area contributed by atoms with Gasteiger partial charge in [0.1, 0.15) is 0 Å². The van der Waals surface area contributed by atoms with Gasteiger partial charge in [0, 0.05) is 31.5 Å². The lowest BCUT2D eigenvalue weighted by Gasteiger charge is -2.29. The molecule has 1 heterocycles. The molecule has 2 aliphatic rings. The molecule has 0 aromatic heterocycles. The average Bonchev–Trinajstić information content (AvgIpc) is 3.15. The van der Waals surface area contributed by atoms with Crippen LogP contribution in [0, 0.1) is 18.8 Å². The van der Waals surface area contributed by atoms with Gasteiger partial charge in [0.05, 0.1) is 0 Å². The van der Waals surface area contributed by atoms with E-state index in [1.54, 1.807) is 0 Å². The number of nitrogens with one attached hydrogen (secondary N) is 1. The molecule has 1 aromatic rings. The Kier molecular flexibility index (Phi) is 5.54. The summed E-state index contributed by atoms with van der Waals surface area (Å²) in [5, 5.41) is 3.07. The lowest BCUT2D eigenvalue weighted by atomic mass is 9.81. The van der Waals surface area contributed by atoms with Gasteiger partial charge in [0.15, 0.2) is 0 Å². The van der Waals surface area contributed by atoms with Crippen molar-refractivity contribution in [2.24, 2.45) is 11.8 Å². The van der Waals surface area contributed by atoms with Gasteiger partial charge < -0.3 is 10.2 Å². The molecule has 0 unspecified atom stereocenters. The summed E-state index contributed by atoms with van der Waals surface area (Å²) < 4.78 is 0. The lowest BCUT2D eigenvalue weighted by Crippen LogP contribution is -2.38. The van der Waals surface area contributed by atoms with Crippen molar-refractivity contribution in [3.63, 3.8) is 0 Å². The van der Waals surface area contributed by atoms with E-state index in [-0.39, 0.29) is 17.7 Å². The number of hydrogen-bond acceptors (Lipinski definition) is 2. The second kappa shape index (κ2) is 7.82. The molecule has 1 saturated heterocycles. The molecule has 1 aliphatic carbocycles. The number of rotatable bonds is 4. The van der Waals surface area contributed by atoms with Crippen molar-refractivity contribution in [3.8, 4) is 0 Å².